The van der Waals surface area contributed by atoms with Crippen LogP contribution in [0.1, 0.15) is 20.3 Å². The molecule has 0 saturated heterocycles. The fourth-order valence-corrected chi connectivity index (χ4v) is 1.30. The molecule has 0 radical (unpaired) electrons. The summed E-state index contributed by atoms with van der Waals surface area (Å²) < 4.78 is 30.7. The van der Waals surface area contributed by atoms with Gasteiger partial charge in [0.1, 0.15) is 18.5 Å². The lowest BCUT2D eigenvalue weighted by molar-refractivity contribution is 0.104. The predicted molar refractivity (Wildman–Crippen MR) is 65.6 cm³/mol. The minimum absolute atomic E-state index is 0.0362. The zero-order valence-electron chi connectivity index (χ0n) is 10.6. The van der Waals surface area contributed by atoms with Crippen molar-refractivity contribution in [1.82, 2.24) is 5.32 Å². The van der Waals surface area contributed by atoms with Crippen LogP contribution in [0.5, 0.6) is 5.75 Å². The molecule has 0 saturated carbocycles. The van der Waals surface area contributed by atoms with Crippen LogP contribution in [0, 0.1) is 11.6 Å². The van der Waals surface area contributed by atoms with Crippen LogP contribution in [0.2, 0.25) is 0 Å². The molecule has 0 aliphatic rings. The average Bonchev–Trinajstić information content (AvgIpc) is 2.37. The summed E-state index contributed by atoms with van der Waals surface area (Å²) in [5.41, 5.74) is 0. The van der Waals surface area contributed by atoms with Crippen LogP contribution in [-0.4, -0.2) is 30.4 Å². The highest BCUT2D eigenvalue weighted by molar-refractivity contribution is 5.23. The molecule has 0 heterocycles. The molecule has 18 heavy (non-hydrogen) atoms. The zero-order valence-corrected chi connectivity index (χ0v) is 10.6. The topological polar surface area (TPSA) is 41.5 Å². The van der Waals surface area contributed by atoms with E-state index in [4.69, 9.17) is 4.74 Å². The second-order valence-corrected chi connectivity index (χ2v) is 4.26. The fraction of sp³-hybridized carbons (Fsp3) is 0.538. The van der Waals surface area contributed by atoms with Crippen molar-refractivity contribution in [1.29, 1.82) is 0 Å². The molecule has 0 amide bonds. The van der Waals surface area contributed by atoms with Gasteiger partial charge in [0.05, 0.1) is 0 Å². The SMILES string of the molecule is CCC(C)NCC(O)COc1ccc(F)c(F)c1. The van der Waals surface area contributed by atoms with Gasteiger partial charge in [-0.1, -0.05) is 6.92 Å². The Morgan fingerprint density at radius 1 is 1.33 bits per heavy atom. The van der Waals surface area contributed by atoms with Crippen LogP contribution in [0.25, 0.3) is 0 Å². The Morgan fingerprint density at radius 2 is 2.06 bits per heavy atom. The van der Waals surface area contributed by atoms with Crippen LogP contribution in [-0.2, 0) is 0 Å². The number of nitrogens with one attached hydrogen (secondary N) is 1. The van der Waals surface area contributed by atoms with Crippen molar-refractivity contribution in [3.63, 3.8) is 0 Å². The summed E-state index contributed by atoms with van der Waals surface area (Å²) in [5, 5.41) is 12.7. The maximum atomic E-state index is 12.9. The average molecular weight is 259 g/mol. The van der Waals surface area contributed by atoms with Gasteiger partial charge in [-0.05, 0) is 25.5 Å². The number of benzene rings is 1. The molecule has 2 N–H and O–H groups in total. The Bertz CT molecular complexity index is 374. The van der Waals surface area contributed by atoms with Crippen LogP contribution in [0.4, 0.5) is 8.78 Å². The highest BCUT2D eigenvalue weighted by atomic mass is 19.2. The summed E-state index contributed by atoms with van der Waals surface area (Å²) in [4.78, 5) is 0. The molecule has 1 aromatic carbocycles. The largest absolute Gasteiger partial charge is 0.491 e. The van der Waals surface area contributed by atoms with E-state index in [1.54, 1.807) is 0 Å². The third-order valence-corrected chi connectivity index (χ3v) is 2.65. The van der Waals surface area contributed by atoms with E-state index < -0.39 is 17.7 Å². The van der Waals surface area contributed by atoms with Gasteiger partial charge < -0.3 is 15.2 Å². The van der Waals surface area contributed by atoms with E-state index in [0.717, 1.165) is 18.6 Å². The van der Waals surface area contributed by atoms with Crippen molar-refractivity contribution >= 4 is 0 Å². The Kier molecular flexibility index (Phi) is 6.01. The summed E-state index contributed by atoms with van der Waals surface area (Å²) in [6.45, 7) is 4.50. The summed E-state index contributed by atoms with van der Waals surface area (Å²) in [5.74, 6) is -1.67. The first-order chi connectivity index (χ1) is 8.52. The van der Waals surface area contributed by atoms with E-state index in [9.17, 15) is 13.9 Å². The Morgan fingerprint density at radius 3 is 2.67 bits per heavy atom. The second kappa shape index (κ2) is 7.28. The van der Waals surface area contributed by atoms with Gasteiger partial charge in [-0.2, -0.15) is 0 Å². The lowest BCUT2D eigenvalue weighted by atomic mass is 10.2. The number of aliphatic hydroxyl groups excluding tert-OH is 1. The molecule has 0 fully saturated rings. The smallest absolute Gasteiger partial charge is 0.162 e. The van der Waals surface area contributed by atoms with Gasteiger partial charge in [-0.15, -0.1) is 0 Å². The summed E-state index contributed by atoms with van der Waals surface area (Å²) in [7, 11) is 0. The van der Waals surface area contributed by atoms with E-state index in [1.807, 2.05) is 13.8 Å². The van der Waals surface area contributed by atoms with Gasteiger partial charge in [0.25, 0.3) is 0 Å². The Balaban J connectivity index is 2.33. The molecule has 2 unspecified atom stereocenters. The molecular weight excluding hydrogens is 240 g/mol. The lowest BCUT2D eigenvalue weighted by Gasteiger charge is -2.16. The molecule has 5 heteroatoms. The van der Waals surface area contributed by atoms with Crippen molar-refractivity contribution in [3.8, 4) is 5.75 Å². The number of ether oxygens (including phenoxy) is 1. The standard InChI is InChI=1S/C13H19F2NO2/c1-3-9(2)16-7-10(17)8-18-11-4-5-12(14)13(15)6-11/h4-6,9-10,16-17H,3,7-8H2,1-2H3. The Labute approximate surface area is 106 Å². The van der Waals surface area contributed by atoms with E-state index in [0.29, 0.717) is 12.6 Å². The second-order valence-electron chi connectivity index (χ2n) is 4.26. The van der Waals surface area contributed by atoms with Crippen molar-refractivity contribution in [2.75, 3.05) is 13.2 Å². The molecule has 2 atom stereocenters. The molecule has 1 aromatic rings. The molecule has 3 nitrogen and oxygen atoms in total. The van der Waals surface area contributed by atoms with Gasteiger partial charge in [0.15, 0.2) is 11.6 Å². The van der Waals surface area contributed by atoms with Crippen LogP contribution >= 0.6 is 0 Å². The molecule has 1 rings (SSSR count). The molecule has 0 bridgehead atoms. The third kappa shape index (κ3) is 4.98. The maximum absolute atomic E-state index is 12.9. The van der Waals surface area contributed by atoms with E-state index in [2.05, 4.69) is 5.32 Å². The monoisotopic (exact) mass is 259 g/mol. The highest BCUT2D eigenvalue weighted by Crippen LogP contribution is 2.15. The van der Waals surface area contributed by atoms with Crippen molar-refractivity contribution in [2.45, 2.75) is 32.4 Å². The summed E-state index contributed by atoms with van der Waals surface area (Å²) in [6, 6.07) is 3.61. The van der Waals surface area contributed by atoms with Crippen LogP contribution < -0.4 is 10.1 Å². The Hall–Kier alpha value is -1.20. The van der Waals surface area contributed by atoms with Gasteiger partial charge in [-0.3, -0.25) is 0 Å². The van der Waals surface area contributed by atoms with Gasteiger partial charge in [-0.25, -0.2) is 8.78 Å². The van der Waals surface area contributed by atoms with Gasteiger partial charge in [0, 0.05) is 18.7 Å². The van der Waals surface area contributed by atoms with Crippen molar-refractivity contribution < 1.29 is 18.6 Å². The van der Waals surface area contributed by atoms with Crippen molar-refractivity contribution in [2.24, 2.45) is 0 Å². The molecule has 0 aromatic heterocycles. The quantitative estimate of drug-likeness (QED) is 0.788. The highest BCUT2D eigenvalue weighted by Gasteiger charge is 2.08. The first kappa shape index (κ1) is 14.9. The first-order valence-corrected chi connectivity index (χ1v) is 6.02. The number of hydrogen-bond acceptors (Lipinski definition) is 3. The number of aliphatic hydroxyl groups is 1. The van der Waals surface area contributed by atoms with Crippen LogP contribution in [0.3, 0.4) is 0 Å². The maximum Gasteiger partial charge on any atom is 0.162 e. The number of halogens is 2. The normalized spacial score (nSPS) is 14.3. The summed E-state index contributed by atoms with van der Waals surface area (Å²) in [6.07, 6.45) is 0.281. The number of rotatable bonds is 7. The van der Waals surface area contributed by atoms with Crippen molar-refractivity contribution in [3.05, 3.63) is 29.8 Å². The van der Waals surface area contributed by atoms with E-state index >= 15 is 0 Å². The van der Waals surface area contributed by atoms with Crippen LogP contribution in [0.15, 0.2) is 18.2 Å². The zero-order chi connectivity index (χ0) is 13.5. The molecule has 102 valence electrons. The molecular formula is C13H19F2NO2. The molecule has 0 spiro atoms. The third-order valence-electron chi connectivity index (χ3n) is 2.65. The minimum atomic E-state index is -0.959. The van der Waals surface area contributed by atoms with E-state index in [1.165, 1.54) is 6.07 Å². The number of hydrogen-bond donors (Lipinski definition) is 2. The van der Waals surface area contributed by atoms with Gasteiger partial charge in [0.2, 0.25) is 0 Å². The van der Waals surface area contributed by atoms with Gasteiger partial charge >= 0.3 is 0 Å². The first-order valence-electron chi connectivity index (χ1n) is 6.02. The minimum Gasteiger partial charge on any atom is -0.491 e. The molecule has 0 aliphatic heterocycles. The predicted octanol–water partition coefficient (Wildman–Crippen LogP) is 2.09. The molecule has 0 aliphatic carbocycles. The lowest BCUT2D eigenvalue weighted by Crippen LogP contribution is -2.36. The fourth-order valence-electron chi connectivity index (χ4n) is 1.30. The van der Waals surface area contributed by atoms with E-state index in [-0.39, 0.29) is 12.4 Å². The summed E-state index contributed by atoms with van der Waals surface area (Å²) >= 11 is 0.